The first-order chi connectivity index (χ1) is 8.13. The summed E-state index contributed by atoms with van der Waals surface area (Å²) < 4.78 is 5.64. The molecule has 2 rings (SSSR count). The highest BCUT2D eigenvalue weighted by Crippen LogP contribution is 2.26. The van der Waals surface area contributed by atoms with E-state index in [1.54, 1.807) is 11.3 Å². The quantitative estimate of drug-likeness (QED) is 0.808. The van der Waals surface area contributed by atoms with Crippen LogP contribution >= 0.6 is 11.3 Å². The van der Waals surface area contributed by atoms with Crippen molar-refractivity contribution in [3.63, 3.8) is 0 Å². The summed E-state index contributed by atoms with van der Waals surface area (Å²) in [6.07, 6.45) is 0.144. The first-order valence-corrected chi connectivity index (χ1v) is 6.44. The number of hydrogen-bond donors (Lipinski definition) is 2. The Morgan fingerprint density at radius 2 is 2.06 bits per heavy atom. The first kappa shape index (κ1) is 11.8. The van der Waals surface area contributed by atoms with Crippen molar-refractivity contribution < 1.29 is 4.74 Å². The highest BCUT2D eigenvalue weighted by atomic mass is 32.1. The fraction of sp³-hybridized carbons (Fsp3) is 0.231. The van der Waals surface area contributed by atoms with Gasteiger partial charge in [0.1, 0.15) is 5.75 Å². The van der Waals surface area contributed by atoms with Crippen LogP contribution in [0.1, 0.15) is 13.8 Å². The zero-order chi connectivity index (χ0) is 12.3. The molecule has 0 atom stereocenters. The summed E-state index contributed by atoms with van der Waals surface area (Å²) >= 11 is 1.65. The fourth-order valence-corrected chi connectivity index (χ4v) is 2.12. The first-order valence-electron chi connectivity index (χ1n) is 5.50. The molecule has 0 unspecified atom stereocenters. The normalized spacial score (nSPS) is 10.5. The SMILES string of the molecule is CC(C)Oc1cc(N)cc(Nc2ccsc2)c1. The van der Waals surface area contributed by atoms with E-state index in [1.807, 2.05) is 48.9 Å². The molecule has 1 heterocycles. The van der Waals surface area contributed by atoms with Crippen molar-refractivity contribution >= 4 is 28.4 Å². The number of thiophene rings is 1. The van der Waals surface area contributed by atoms with Gasteiger partial charge in [0.05, 0.1) is 6.10 Å². The highest BCUT2D eigenvalue weighted by Gasteiger charge is 2.03. The van der Waals surface area contributed by atoms with Gasteiger partial charge in [-0.15, -0.1) is 0 Å². The van der Waals surface area contributed by atoms with E-state index in [1.165, 1.54) is 0 Å². The van der Waals surface area contributed by atoms with Crippen molar-refractivity contribution in [2.75, 3.05) is 11.1 Å². The minimum Gasteiger partial charge on any atom is -0.491 e. The Bertz CT molecular complexity index is 480. The third-order valence-electron chi connectivity index (χ3n) is 2.11. The molecule has 4 heteroatoms. The van der Waals surface area contributed by atoms with E-state index < -0.39 is 0 Å². The van der Waals surface area contributed by atoms with Crippen LogP contribution < -0.4 is 15.8 Å². The zero-order valence-corrected chi connectivity index (χ0v) is 10.8. The molecular formula is C13H16N2OS. The van der Waals surface area contributed by atoms with E-state index in [0.717, 1.165) is 17.1 Å². The maximum atomic E-state index is 5.85. The van der Waals surface area contributed by atoms with Crippen molar-refractivity contribution in [1.29, 1.82) is 0 Å². The lowest BCUT2D eigenvalue weighted by molar-refractivity contribution is 0.242. The number of nitrogens with one attached hydrogen (secondary N) is 1. The van der Waals surface area contributed by atoms with E-state index in [2.05, 4.69) is 5.32 Å². The van der Waals surface area contributed by atoms with E-state index in [0.29, 0.717) is 5.69 Å². The third kappa shape index (κ3) is 3.39. The van der Waals surface area contributed by atoms with E-state index in [9.17, 15) is 0 Å². The second kappa shape index (κ2) is 5.10. The van der Waals surface area contributed by atoms with Crippen molar-refractivity contribution in [2.24, 2.45) is 0 Å². The summed E-state index contributed by atoms with van der Waals surface area (Å²) in [5.41, 5.74) is 8.55. The second-order valence-corrected chi connectivity index (χ2v) is 4.87. The van der Waals surface area contributed by atoms with Gasteiger partial charge in [-0.2, -0.15) is 11.3 Å². The number of ether oxygens (including phenoxy) is 1. The van der Waals surface area contributed by atoms with Gasteiger partial charge in [0.2, 0.25) is 0 Å². The van der Waals surface area contributed by atoms with Crippen molar-refractivity contribution in [3.8, 4) is 5.75 Å². The standard InChI is InChI=1S/C13H16N2OS/c1-9(2)16-13-6-10(14)5-12(7-13)15-11-3-4-17-8-11/h3-9,15H,14H2,1-2H3. The highest BCUT2D eigenvalue weighted by molar-refractivity contribution is 7.08. The van der Waals surface area contributed by atoms with Gasteiger partial charge in [0.25, 0.3) is 0 Å². The van der Waals surface area contributed by atoms with Gasteiger partial charge in [-0.1, -0.05) is 0 Å². The van der Waals surface area contributed by atoms with Gasteiger partial charge >= 0.3 is 0 Å². The van der Waals surface area contributed by atoms with Crippen LogP contribution in [0.15, 0.2) is 35.0 Å². The maximum absolute atomic E-state index is 5.85. The minimum absolute atomic E-state index is 0.144. The summed E-state index contributed by atoms with van der Waals surface area (Å²) in [7, 11) is 0. The topological polar surface area (TPSA) is 47.3 Å². The Labute approximate surface area is 105 Å². The van der Waals surface area contributed by atoms with Gasteiger partial charge < -0.3 is 15.8 Å². The third-order valence-corrected chi connectivity index (χ3v) is 2.79. The monoisotopic (exact) mass is 248 g/mol. The molecule has 0 fully saturated rings. The molecule has 1 aromatic carbocycles. The lowest BCUT2D eigenvalue weighted by Gasteiger charge is -2.12. The van der Waals surface area contributed by atoms with Crippen LogP contribution in [0.4, 0.5) is 17.1 Å². The fourth-order valence-electron chi connectivity index (χ4n) is 1.54. The number of hydrogen-bond acceptors (Lipinski definition) is 4. The predicted octanol–water partition coefficient (Wildman–Crippen LogP) is 3.86. The molecule has 0 amide bonds. The summed E-state index contributed by atoms with van der Waals surface area (Å²) in [4.78, 5) is 0. The largest absolute Gasteiger partial charge is 0.491 e. The summed E-state index contributed by atoms with van der Waals surface area (Å²) in [5.74, 6) is 0.790. The van der Waals surface area contributed by atoms with Crippen molar-refractivity contribution in [1.82, 2.24) is 0 Å². The van der Waals surface area contributed by atoms with Crippen LogP contribution in [-0.2, 0) is 0 Å². The Morgan fingerprint density at radius 3 is 2.71 bits per heavy atom. The predicted molar refractivity (Wildman–Crippen MR) is 74.2 cm³/mol. The number of benzene rings is 1. The number of nitrogen functional groups attached to an aromatic ring is 1. The lowest BCUT2D eigenvalue weighted by atomic mass is 10.2. The van der Waals surface area contributed by atoms with Crippen LogP contribution in [0.25, 0.3) is 0 Å². The van der Waals surface area contributed by atoms with Crippen molar-refractivity contribution in [2.45, 2.75) is 20.0 Å². The number of rotatable bonds is 4. The Kier molecular flexibility index (Phi) is 3.54. The molecule has 0 saturated carbocycles. The smallest absolute Gasteiger partial charge is 0.123 e. The second-order valence-electron chi connectivity index (χ2n) is 4.09. The zero-order valence-electron chi connectivity index (χ0n) is 9.94. The van der Waals surface area contributed by atoms with Crippen LogP contribution in [0.3, 0.4) is 0 Å². The molecule has 17 heavy (non-hydrogen) atoms. The molecule has 0 bridgehead atoms. The van der Waals surface area contributed by atoms with Crippen molar-refractivity contribution in [3.05, 3.63) is 35.0 Å². The molecule has 0 aliphatic heterocycles. The van der Waals surface area contributed by atoms with Gasteiger partial charge in [-0.3, -0.25) is 0 Å². The van der Waals surface area contributed by atoms with E-state index in [-0.39, 0.29) is 6.10 Å². The molecule has 0 radical (unpaired) electrons. The van der Waals surface area contributed by atoms with Crippen LogP contribution in [0, 0.1) is 0 Å². The molecule has 90 valence electrons. The molecule has 0 aliphatic rings. The average Bonchev–Trinajstić information content (AvgIpc) is 2.67. The molecule has 0 saturated heterocycles. The molecular weight excluding hydrogens is 232 g/mol. The average molecular weight is 248 g/mol. The maximum Gasteiger partial charge on any atom is 0.123 e. The van der Waals surface area contributed by atoms with Crippen LogP contribution in [0.2, 0.25) is 0 Å². The van der Waals surface area contributed by atoms with E-state index >= 15 is 0 Å². The summed E-state index contributed by atoms with van der Waals surface area (Å²) in [5, 5.41) is 7.36. The Hall–Kier alpha value is -1.68. The Balaban J connectivity index is 2.19. The molecule has 3 N–H and O–H groups in total. The molecule has 2 aromatic rings. The molecule has 1 aromatic heterocycles. The Morgan fingerprint density at radius 1 is 1.24 bits per heavy atom. The molecule has 3 nitrogen and oxygen atoms in total. The van der Waals surface area contributed by atoms with Gasteiger partial charge in [-0.05, 0) is 31.4 Å². The minimum atomic E-state index is 0.144. The van der Waals surface area contributed by atoms with Gasteiger partial charge in [-0.25, -0.2) is 0 Å². The number of nitrogens with two attached hydrogens (primary N) is 1. The summed E-state index contributed by atoms with van der Waals surface area (Å²) in [6.45, 7) is 3.99. The lowest BCUT2D eigenvalue weighted by Crippen LogP contribution is -2.06. The van der Waals surface area contributed by atoms with Gasteiger partial charge in [0, 0.05) is 34.6 Å². The summed E-state index contributed by atoms with van der Waals surface area (Å²) in [6, 6.07) is 7.70. The number of anilines is 3. The van der Waals surface area contributed by atoms with Crippen LogP contribution in [0.5, 0.6) is 5.75 Å². The molecule has 0 spiro atoms. The van der Waals surface area contributed by atoms with Gasteiger partial charge in [0.15, 0.2) is 0 Å². The van der Waals surface area contributed by atoms with E-state index in [4.69, 9.17) is 10.5 Å². The van der Waals surface area contributed by atoms with Crippen LogP contribution in [-0.4, -0.2) is 6.10 Å². The molecule has 0 aliphatic carbocycles.